The SMILES string of the molecule is CC(C)COC(=O)N1Cc2cc(Oc3ccc(C(C)(C)C)cc3)ccc2C[C@H]1C(=O)N(CCc1ccc(OCC2CCCC2)cc1)C(=O)O. The number of fused-ring (bicyclic) bond motifs is 1. The van der Waals surface area contributed by atoms with Crippen LogP contribution in [0.3, 0.4) is 0 Å². The Morgan fingerprint density at radius 2 is 1.55 bits per heavy atom. The maximum absolute atomic E-state index is 13.9. The molecule has 2 aliphatic rings. The topological polar surface area (TPSA) is 106 Å². The number of benzene rings is 3. The fraction of sp³-hybridized carbons (Fsp3) is 0.475. The molecule has 1 saturated carbocycles. The van der Waals surface area contributed by atoms with Gasteiger partial charge in [0.25, 0.3) is 5.91 Å². The first-order valence-corrected chi connectivity index (χ1v) is 17.5. The summed E-state index contributed by atoms with van der Waals surface area (Å²) in [6.45, 7) is 11.3. The van der Waals surface area contributed by atoms with E-state index >= 15 is 0 Å². The minimum Gasteiger partial charge on any atom is -0.493 e. The average molecular weight is 671 g/mol. The first-order chi connectivity index (χ1) is 23.4. The fourth-order valence-electron chi connectivity index (χ4n) is 6.38. The summed E-state index contributed by atoms with van der Waals surface area (Å²) in [5.41, 5.74) is 3.77. The van der Waals surface area contributed by atoms with Crippen molar-refractivity contribution in [3.8, 4) is 17.2 Å². The number of carbonyl (C=O) groups excluding carboxylic acids is 2. The van der Waals surface area contributed by atoms with Crippen LogP contribution in [-0.2, 0) is 34.3 Å². The van der Waals surface area contributed by atoms with Gasteiger partial charge >= 0.3 is 12.2 Å². The van der Waals surface area contributed by atoms with Gasteiger partial charge in [-0.3, -0.25) is 9.69 Å². The maximum Gasteiger partial charge on any atom is 0.414 e. The molecule has 5 rings (SSSR count). The monoisotopic (exact) mass is 670 g/mol. The van der Waals surface area contributed by atoms with Gasteiger partial charge in [0, 0.05) is 13.0 Å². The minimum atomic E-state index is -1.36. The molecule has 3 aromatic carbocycles. The summed E-state index contributed by atoms with van der Waals surface area (Å²) in [7, 11) is 0. The summed E-state index contributed by atoms with van der Waals surface area (Å²) < 4.78 is 17.7. The smallest absolute Gasteiger partial charge is 0.414 e. The summed E-state index contributed by atoms with van der Waals surface area (Å²) in [6.07, 6.45) is 3.42. The van der Waals surface area contributed by atoms with Gasteiger partial charge in [-0.05, 0) is 95.2 Å². The van der Waals surface area contributed by atoms with Crippen LogP contribution in [-0.4, -0.2) is 58.8 Å². The van der Waals surface area contributed by atoms with Crippen molar-refractivity contribution in [2.24, 2.45) is 11.8 Å². The summed E-state index contributed by atoms with van der Waals surface area (Å²) in [6, 6.07) is 20.1. The lowest BCUT2D eigenvalue weighted by Gasteiger charge is -2.37. The van der Waals surface area contributed by atoms with Gasteiger partial charge < -0.3 is 19.3 Å². The predicted molar refractivity (Wildman–Crippen MR) is 188 cm³/mol. The molecule has 0 unspecified atom stereocenters. The number of nitrogens with zero attached hydrogens (tertiary/aromatic N) is 2. The van der Waals surface area contributed by atoms with E-state index in [1.54, 1.807) is 0 Å². The molecule has 1 heterocycles. The van der Waals surface area contributed by atoms with Crippen LogP contribution in [0, 0.1) is 11.8 Å². The number of carbonyl (C=O) groups is 3. The molecule has 9 heteroatoms. The second kappa shape index (κ2) is 15.8. The highest BCUT2D eigenvalue weighted by molar-refractivity contribution is 5.96. The zero-order chi connectivity index (χ0) is 35.1. The number of imide groups is 1. The van der Waals surface area contributed by atoms with Crippen LogP contribution < -0.4 is 9.47 Å². The summed E-state index contributed by atoms with van der Waals surface area (Å²) in [5.74, 6) is 2.11. The van der Waals surface area contributed by atoms with E-state index < -0.39 is 24.1 Å². The third kappa shape index (κ3) is 9.55. The van der Waals surface area contributed by atoms with Crippen LogP contribution in [0.2, 0.25) is 0 Å². The first-order valence-electron chi connectivity index (χ1n) is 17.5. The Hall–Kier alpha value is -4.53. The second-order valence-corrected chi connectivity index (χ2v) is 14.8. The number of hydrogen-bond donors (Lipinski definition) is 1. The fourth-order valence-corrected chi connectivity index (χ4v) is 6.38. The quantitative estimate of drug-likeness (QED) is 0.218. The molecule has 3 amide bonds. The highest BCUT2D eigenvalue weighted by atomic mass is 16.6. The molecule has 0 spiro atoms. The molecule has 1 fully saturated rings. The minimum absolute atomic E-state index is 0.0249. The Morgan fingerprint density at radius 3 is 2.18 bits per heavy atom. The van der Waals surface area contributed by atoms with Crippen LogP contribution in [0.5, 0.6) is 17.2 Å². The van der Waals surface area contributed by atoms with Crippen molar-refractivity contribution in [3.05, 3.63) is 89.0 Å². The standard InChI is InChI=1S/C40H50N2O7/c1-27(2)25-48-39(46)42-24-31-22-35(49-34-18-13-32(14-19-34)40(3,4)5)17-12-30(31)23-36(42)37(43)41(38(44)45)21-20-28-10-15-33(16-11-28)47-26-29-8-6-7-9-29/h10-19,22,27,29,36H,6-9,20-21,23-26H2,1-5H3,(H,44,45)/t36-/m0/s1. The Kier molecular flexibility index (Phi) is 11.5. The Labute approximate surface area is 290 Å². The van der Waals surface area contributed by atoms with E-state index in [0.29, 0.717) is 30.4 Å². The molecule has 49 heavy (non-hydrogen) atoms. The molecule has 1 aliphatic carbocycles. The van der Waals surface area contributed by atoms with Crippen LogP contribution in [0.4, 0.5) is 9.59 Å². The van der Waals surface area contributed by atoms with Crippen molar-refractivity contribution < 1.29 is 33.7 Å². The lowest BCUT2D eigenvalue weighted by Crippen LogP contribution is -2.55. The molecular weight excluding hydrogens is 620 g/mol. The highest BCUT2D eigenvalue weighted by Gasteiger charge is 2.40. The van der Waals surface area contributed by atoms with Gasteiger partial charge in [0.15, 0.2) is 0 Å². The third-order valence-electron chi connectivity index (χ3n) is 9.33. The molecule has 3 aromatic rings. The Morgan fingerprint density at radius 1 is 0.898 bits per heavy atom. The van der Waals surface area contributed by atoms with Crippen LogP contribution in [0.25, 0.3) is 0 Å². The van der Waals surface area contributed by atoms with Gasteiger partial charge in [0.1, 0.15) is 23.3 Å². The molecule has 0 aromatic heterocycles. The van der Waals surface area contributed by atoms with Crippen molar-refractivity contribution in [1.82, 2.24) is 9.80 Å². The van der Waals surface area contributed by atoms with Crippen molar-refractivity contribution in [3.63, 3.8) is 0 Å². The van der Waals surface area contributed by atoms with Crippen molar-refractivity contribution in [1.29, 1.82) is 0 Å². The van der Waals surface area contributed by atoms with Gasteiger partial charge in [-0.1, -0.05) is 77.8 Å². The molecule has 1 atom stereocenters. The first kappa shape index (κ1) is 35.8. The summed E-state index contributed by atoms with van der Waals surface area (Å²) in [4.78, 5) is 42.0. The maximum atomic E-state index is 13.9. The summed E-state index contributed by atoms with van der Waals surface area (Å²) >= 11 is 0. The molecule has 0 radical (unpaired) electrons. The number of rotatable bonds is 11. The van der Waals surface area contributed by atoms with Crippen molar-refractivity contribution >= 4 is 18.1 Å². The molecular formula is C40H50N2O7. The van der Waals surface area contributed by atoms with E-state index in [1.165, 1.54) is 36.1 Å². The van der Waals surface area contributed by atoms with Crippen LogP contribution in [0.15, 0.2) is 66.7 Å². The molecule has 1 N–H and O–H groups in total. The van der Waals surface area contributed by atoms with Gasteiger partial charge in [0.2, 0.25) is 0 Å². The Bertz CT molecular complexity index is 1590. The number of amides is 3. The second-order valence-electron chi connectivity index (χ2n) is 14.8. The number of ether oxygens (including phenoxy) is 3. The van der Waals surface area contributed by atoms with E-state index in [-0.39, 0.29) is 37.5 Å². The molecule has 262 valence electrons. The van der Waals surface area contributed by atoms with Crippen molar-refractivity contribution in [2.75, 3.05) is 19.8 Å². The van der Waals surface area contributed by atoms with Crippen LogP contribution in [0.1, 0.15) is 82.6 Å². The lowest BCUT2D eigenvalue weighted by molar-refractivity contribution is -0.135. The number of carboxylic acid groups (broad SMARTS) is 1. The largest absolute Gasteiger partial charge is 0.493 e. The van der Waals surface area contributed by atoms with E-state index in [1.807, 2.05) is 80.6 Å². The zero-order valence-electron chi connectivity index (χ0n) is 29.4. The third-order valence-corrected chi connectivity index (χ3v) is 9.33. The number of hydrogen-bond acceptors (Lipinski definition) is 6. The molecule has 0 saturated heterocycles. The molecule has 9 nitrogen and oxygen atoms in total. The van der Waals surface area contributed by atoms with E-state index in [9.17, 15) is 19.5 Å². The van der Waals surface area contributed by atoms with E-state index in [2.05, 4.69) is 20.8 Å². The molecule has 0 bridgehead atoms. The lowest BCUT2D eigenvalue weighted by atomic mass is 9.87. The van der Waals surface area contributed by atoms with Crippen molar-refractivity contribution in [2.45, 2.75) is 91.1 Å². The van der Waals surface area contributed by atoms with E-state index in [0.717, 1.165) is 27.3 Å². The Balaban J connectivity index is 1.29. The van der Waals surface area contributed by atoms with Gasteiger partial charge in [-0.2, -0.15) is 0 Å². The highest BCUT2D eigenvalue weighted by Crippen LogP contribution is 2.32. The van der Waals surface area contributed by atoms with Gasteiger partial charge in [-0.25, -0.2) is 14.5 Å². The molecule has 1 aliphatic heterocycles. The van der Waals surface area contributed by atoms with Gasteiger partial charge in [-0.15, -0.1) is 0 Å². The zero-order valence-corrected chi connectivity index (χ0v) is 29.4. The van der Waals surface area contributed by atoms with Gasteiger partial charge in [0.05, 0.1) is 19.8 Å². The average Bonchev–Trinajstić information content (AvgIpc) is 3.60. The predicted octanol–water partition coefficient (Wildman–Crippen LogP) is 8.61. The van der Waals surface area contributed by atoms with Crippen LogP contribution >= 0.6 is 0 Å². The normalized spacial score (nSPS) is 16.3. The summed E-state index contributed by atoms with van der Waals surface area (Å²) in [5, 5.41) is 10.1. The van der Waals surface area contributed by atoms with E-state index in [4.69, 9.17) is 14.2 Å².